The Morgan fingerprint density at radius 1 is 0.929 bits per heavy atom. The number of aromatic nitrogens is 2. The van der Waals surface area contributed by atoms with Crippen molar-refractivity contribution in [2.45, 2.75) is 44.4 Å². The summed E-state index contributed by atoms with van der Waals surface area (Å²) in [6.45, 7) is 6.42. The number of anilines is 1. The van der Waals surface area contributed by atoms with Crippen molar-refractivity contribution < 1.29 is 9.18 Å². The fraction of sp³-hybridized carbons (Fsp3) is 0.348. The summed E-state index contributed by atoms with van der Waals surface area (Å²) in [5, 5.41) is 2.85. The lowest BCUT2D eigenvalue weighted by molar-refractivity contribution is -0.125. The zero-order valence-electron chi connectivity index (χ0n) is 16.2. The van der Waals surface area contributed by atoms with Crippen molar-refractivity contribution >= 4 is 22.6 Å². The van der Waals surface area contributed by atoms with Gasteiger partial charge in [0.15, 0.2) is 0 Å². The Morgan fingerprint density at radius 3 is 2.21 bits per heavy atom. The average molecular weight is 375 g/mol. The summed E-state index contributed by atoms with van der Waals surface area (Å²) in [6.07, 6.45) is 1.53. The van der Waals surface area contributed by atoms with Crippen LogP contribution in [-0.2, 0) is 15.6 Å². The molecule has 1 N–H and O–H groups in total. The van der Waals surface area contributed by atoms with Crippen LogP contribution in [0.25, 0.3) is 11.0 Å². The maximum absolute atomic E-state index is 14.2. The van der Waals surface area contributed by atoms with E-state index in [0.29, 0.717) is 6.42 Å². The molecule has 5 heteroatoms. The van der Waals surface area contributed by atoms with Gasteiger partial charge in [-0.15, -0.1) is 0 Å². The van der Waals surface area contributed by atoms with Crippen molar-refractivity contribution in [1.82, 2.24) is 9.97 Å². The van der Waals surface area contributed by atoms with E-state index >= 15 is 0 Å². The highest BCUT2D eigenvalue weighted by atomic mass is 19.1. The lowest BCUT2D eigenvalue weighted by Crippen LogP contribution is -2.48. The lowest BCUT2D eigenvalue weighted by Gasteiger charge is -2.39. The minimum atomic E-state index is -0.837. The Hall–Kier alpha value is -2.82. The van der Waals surface area contributed by atoms with E-state index in [-0.39, 0.29) is 17.0 Å². The molecule has 28 heavy (non-hydrogen) atoms. The van der Waals surface area contributed by atoms with Gasteiger partial charge in [-0.05, 0) is 42.5 Å². The Kier molecular flexibility index (Phi) is 3.32. The quantitative estimate of drug-likeness (QED) is 0.704. The number of carbonyl (C=O) groups is 1. The summed E-state index contributed by atoms with van der Waals surface area (Å²) in [5.41, 5.74) is 2.00. The standard InChI is InChI=1S/C23H22FN3O/c1-21(2)22(3)12-13-23(21,20(28)27-15-9-5-4-8-14(15)24)19-18(22)25-16-10-6-7-11-17(16)26-19/h4-11H,12-13H2,1-3H3,(H,27,28)/t22-,23-/m0/s1. The molecular weight excluding hydrogens is 353 g/mol. The molecule has 2 aliphatic carbocycles. The highest BCUT2D eigenvalue weighted by Crippen LogP contribution is 2.70. The molecule has 0 saturated heterocycles. The second kappa shape index (κ2) is 5.37. The van der Waals surface area contributed by atoms with Crippen molar-refractivity contribution in [2.75, 3.05) is 5.32 Å². The fourth-order valence-corrected chi connectivity index (χ4v) is 5.34. The Bertz CT molecular complexity index is 1140. The summed E-state index contributed by atoms with van der Waals surface area (Å²) in [4.78, 5) is 23.5. The number of benzene rings is 2. The molecular formula is C23H22FN3O. The van der Waals surface area contributed by atoms with E-state index in [4.69, 9.17) is 9.97 Å². The van der Waals surface area contributed by atoms with Crippen LogP contribution in [-0.4, -0.2) is 15.9 Å². The van der Waals surface area contributed by atoms with Crippen LogP contribution < -0.4 is 5.32 Å². The van der Waals surface area contributed by atoms with Crippen molar-refractivity contribution in [3.63, 3.8) is 0 Å². The number of para-hydroxylation sites is 3. The number of nitrogens with one attached hydrogen (secondary N) is 1. The minimum Gasteiger partial charge on any atom is -0.323 e. The smallest absolute Gasteiger partial charge is 0.237 e. The molecule has 0 radical (unpaired) electrons. The van der Waals surface area contributed by atoms with E-state index in [0.717, 1.165) is 28.8 Å². The molecule has 1 aromatic heterocycles. The van der Waals surface area contributed by atoms with E-state index in [1.165, 1.54) is 6.07 Å². The van der Waals surface area contributed by atoms with Gasteiger partial charge in [0.05, 0.1) is 33.5 Å². The first-order valence-electron chi connectivity index (χ1n) is 9.65. The topological polar surface area (TPSA) is 54.9 Å². The first-order valence-corrected chi connectivity index (χ1v) is 9.65. The normalized spacial score (nSPS) is 27.0. The third-order valence-corrected chi connectivity index (χ3v) is 7.45. The third-order valence-electron chi connectivity index (χ3n) is 7.45. The predicted octanol–water partition coefficient (Wildman–Crippen LogP) is 4.74. The van der Waals surface area contributed by atoms with Gasteiger partial charge in [-0.25, -0.2) is 14.4 Å². The summed E-state index contributed by atoms with van der Waals surface area (Å²) >= 11 is 0. The van der Waals surface area contributed by atoms with Crippen molar-refractivity contribution in [1.29, 1.82) is 0 Å². The fourth-order valence-electron chi connectivity index (χ4n) is 5.34. The lowest BCUT2D eigenvalue weighted by atomic mass is 9.63. The van der Waals surface area contributed by atoms with Gasteiger partial charge in [0, 0.05) is 5.41 Å². The van der Waals surface area contributed by atoms with Crippen LogP contribution in [0.1, 0.15) is 45.0 Å². The number of hydrogen-bond donors (Lipinski definition) is 1. The summed E-state index contributed by atoms with van der Waals surface area (Å²) in [6, 6.07) is 14.0. The van der Waals surface area contributed by atoms with Gasteiger partial charge in [-0.3, -0.25) is 4.79 Å². The zero-order chi connectivity index (χ0) is 19.7. The Morgan fingerprint density at radius 2 is 1.54 bits per heavy atom. The summed E-state index contributed by atoms with van der Waals surface area (Å²) < 4.78 is 14.2. The van der Waals surface area contributed by atoms with Gasteiger partial charge in [-0.2, -0.15) is 0 Å². The molecule has 2 bridgehead atoms. The van der Waals surface area contributed by atoms with Crippen LogP contribution in [0.5, 0.6) is 0 Å². The molecule has 142 valence electrons. The zero-order valence-corrected chi connectivity index (χ0v) is 16.2. The van der Waals surface area contributed by atoms with Gasteiger partial charge >= 0.3 is 0 Å². The number of carbonyl (C=O) groups excluding carboxylic acids is 1. The average Bonchev–Trinajstić information content (AvgIpc) is 2.98. The SMILES string of the molecule is CC1(C)[C@@]2(C)CC[C@@]1(C(=O)Nc1ccccc1F)c1nc3ccccc3nc12. The van der Waals surface area contributed by atoms with E-state index < -0.39 is 16.6 Å². The van der Waals surface area contributed by atoms with E-state index in [2.05, 4.69) is 26.1 Å². The Labute approximate surface area is 163 Å². The van der Waals surface area contributed by atoms with Gasteiger partial charge in [0.25, 0.3) is 0 Å². The van der Waals surface area contributed by atoms with Crippen LogP contribution >= 0.6 is 0 Å². The van der Waals surface area contributed by atoms with E-state index in [1.807, 2.05) is 24.3 Å². The summed E-state index contributed by atoms with van der Waals surface area (Å²) in [7, 11) is 0. The molecule has 2 atom stereocenters. The van der Waals surface area contributed by atoms with Crippen LogP contribution in [0, 0.1) is 11.2 Å². The van der Waals surface area contributed by atoms with Crippen molar-refractivity contribution in [2.24, 2.45) is 5.41 Å². The Balaban J connectivity index is 1.72. The second-order valence-corrected chi connectivity index (χ2v) is 8.71. The summed E-state index contributed by atoms with van der Waals surface area (Å²) in [5.74, 6) is -0.636. The number of hydrogen-bond acceptors (Lipinski definition) is 3. The van der Waals surface area contributed by atoms with Crippen LogP contribution in [0.3, 0.4) is 0 Å². The molecule has 0 spiro atoms. The molecule has 0 unspecified atom stereocenters. The van der Waals surface area contributed by atoms with E-state index in [9.17, 15) is 9.18 Å². The molecule has 3 aromatic rings. The first kappa shape index (κ1) is 17.3. The van der Waals surface area contributed by atoms with Crippen LogP contribution in [0.4, 0.5) is 10.1 Å². The molecule has 1 amide bonds. The molecule has 2 aliphatic rings. The van der Waals surface area contributed by atoms with Gasteiger partial charge in [0.2, 0.25) is 5.91 Å². The number of nitrogens with zero attached hydrogens (tertiary/aromatic N) is 2. The molecule has 2 aromatic carbocycles. The number of amides is 1. The molecule has 1 fully saturated rings. The van der Waals surface area contributed by atoms with Crippen molar-refractivity contribution in [3.8, 4) is 0 Å². The third kappa shape index (κ3) is 1.87. The first-order chi connectivity index (χ1) is 13.3. The number of rotatable bonds is 2. The monoisotopic (exact) mass is 375 g/mol. The van der Waals surface area contributed by atoms with Gasteiger partial charge in [-0.1, -0.05) is 45.0 Å². The molecule has 4 nitrogen and oxygen atoms in total. The van der Waals surface area contributed by atoms with E-state index in [1.54, 1.807) is 18.2 Å². The molecule has 0 aliphatic heterocycles. The predicted molar refractivity (Wildman–Crippen MR) is 107 cm³/mol. The maximum Gasteiger partial charge on any atom is 0.237 e. The highest BCUT2D eigenvalue weighted by Gasteiger charge is 2.73. The van der Waals surface area contributed by atoms with Crippen molar-refractivity contribution in [3.05, 3.63) is 65.7 Å². The van der Waals surface area contributed by atoms with Gasteiger partial charge < -0.3 is 5.32 Å². The van der Waals surface area contributed by atoms with Crippen LogP contribution in [0.15, 0.2) is 48.5 Å². The molecule has 5 rings (SSSR count). The molecule has 1 heterocycles. The number of fused-ring (bicyclic) bond motifs is 6. The maximum atomic E-state index is 14.2. The van der Waals surface area contributed by atoms with Crippen LogP contribution in [0.2, 0.25) is 0 Å². The minimum absolute atomic E-state index is 0.199. The van der Waals surface area contributed by atoms with Gasteiger partial charge in [0.1, 0.15) is 5.82 Å². The largest absolute Gasteiger partial charge is 0.323 e. The second-order valence-electron chi connectivity index (χ2n) is 8.71. The number of halogens is 1. The highest BCUT2D eigenvalue weighted by molar-refractivity contribution is 6.02. The molecule has 1 saturated carbocycles.